The van der Waals surface area contributed by atoms with Crippen molar-refractivity contribution >= 4 is 23.9 Å². The molecule has 0 aliphatic heterocycles. The molecule has 2 N–H and O–H groups in total. The van der Waals surface area contributed by atoms with E-state index in [-0.39, 0.29) is 26.1 Å². The molecule has 1 heterocycles. The second-order valence-corrected chi connectivity index (χ2v) is 8.63. The summed E-state index contributed by atoms with van der Waals surface area (Å²) < 4.78 is 20.6. The van der Waals surface area contributed by atoms with Crippen molar-refractivity contribution in [1.82, 2.24) is 15.4 Å². The molecule has 12 nitrogen and oxygen atoms in total. The average molecular weight is 506 g/mol. The summed E-state index contributed by atoms with van der Waals surface area (Å²) in [6, 6.07) is 8.62. The zero-order valence-electron chi connectivity index (χ0n) is 20.5. The topological polar surface area (TPSA) is 167 Å². The van der Waals surface area contributed by atoms with Crippen molar-refractivity contribution in [3.8, 4) is 0 Å². The summed E-state index contributed by atoms with van der Waals surface area (Å²) in [5.41, 5.74) is -0.557. The van der Waals surface area contributed by atoms with Gasteiger partial charge in [0.05, 0.1) is 25.0 Å². The molecule has 0 saturated carbocycles. The first-order chi connectivity index (χ1) is 17.1. The highest BCUT2D eigenvalue weighted by Gasteiger charge is 2.39. The zero-order chi connectivity index (χ0) is 26.6. The quantitative estimate of drug-likeness (QED) is 0.283. The van der Waals surface area contributed by atoms with Gasteiger partial charge in [-0.3, -0.25) is 19.2 Å². The number of rotatable bonds is 14. The van der Waals surface area contributed by atoms with Gasteiger partial charge >= 0.3 is 23.9 Å². The van der Waals surface area contributed by atoms with Crippen molar-refractivity contribution in [3.63, 3.8) is 0 Å². The zero-order valence-corrected chi connectivity index (χ0v) is 20.5. The number of aromatic nitrogens is 3. The van der Waals surface area contributed by atoms with Crippen LogP contribution in [0.25, 0.3) is 0 Å². The molecule has 0 bridgehead atoms. The van der Waals surface area contributed by atoms with Crippen LogP contribution in [0.3, 0.4) is 0 Å². The third kappa shape index (κ3) is 9.45. The van der Waals surface area contributed by atoms with Crippen molar-refractivity contribution in [1.29, 1.82) is 0 Å². The number of aliphatic hydroxyl groups excluding tert-OH is 1. The van der Waals surface area contributed by atoms with E-state index >= 15 is 0 Å². The Balaban J connectivity index is 1.89. The summed E-state index contributed by atoms with van der Waals surface area (Å²) in [7, 11) is 0. The first-order valence-corrected chi connectivity index (χ1v) is 11.3. The molecule has 1 aromatic heterocycles. The Labute approximate surface area is 208 Å². The van der Waals surface area contributed by atoms with E-state index in [1.54, 1.807) is 44.2 Å². The molecule has 36 heavy (non-hydrogen) atoms. The van der Waals surface area contributed by atoms with E-state index in [4.69, 9.17) is 18.9 Å². The van der Waals surface area contributed by atoms with Gasteiger partial charge < -0.3 is 24.1 Å². The van der Waals surface area contributed by atoms with Crippen LogP contribution >= 0.6 is 0 Å². The van der Waals surface area contributed by atoms with Gasteiger partial charge in [-0.15, -0.1) is 0 Å². The van der Waals surface area contributed by atoms with Crippen LogP contribution in [0.5, 0.6) is 0 Å². The maximum Gasteiger partial charge on any atom is 0.318 e. The summed E-state index contributed by atoms with van der Waals surface area (Å²) in [5.74, 6) is -3.20. The molecule has 0 spiro atoms. The highest BCUT2D eigenvalue weighted by Crippen LogP contribution is 2.23. The van der Waals surface area contributed by atoms with E-state index in [1.807, 2.05) is 0 Å². The number of H-pyrrole nitrogens is 1. The molecule has 0 aliphatic rings. The Hall–Kier alpha value is -3.80. The van der Waals surface area contributed by atoms with Crippen LogP contribution in [0.15, 0.2) is 36.5 Å². The fourth-order valence-electron chi connectivity index (χ4n) is 2.69. The minimum atomic E-state index is -1.54. The standard InChI is InChI=1S/C24H31N3O9/c1-16(2)22(31)36-15-24(3,23(32)34-13-19(28)17-7-5-4-6-8-17)14-35-21(30)10-9-20(29)33-12-18-11-25-27-26-18/h4-8,11,16,19,28H,9-10,12-15H2,1-3H3,(H,25,26,27). The van der Waals surface area contributed by atoms with E-state index in [2.05, 4.69) is 15.4 Å². The summed E-state index contributed by atoms with van der Waals surface area (Å²) in [6.07, 6.45) is -0.208. The maximum atomic E-state index is 12.9. The first-order valence-electron chi connectivity index (χ1n) is 11.3. The number of ether oxygens (including phenoxy) is 4. The Kier molecular flexibility index (Phi) is 11.0. The Morgan fingerprint density at radius 2 is 1.61 bits per heavy atom. The Morgan fingerprint density at radius 3 is 2.22 bits per heavy atom. The second-order valence-electron chi connectivity index (χ2n) is 8.63. The number of nitrogens with one attached hydrogen (secondary N) is 1. The molecule has 2 rings (SSSR count). The lowest BCUT2D eigenvalue weighted by molar-refractivity contribution is -0.173. The molecule has 2 atom stereocenters. The van der Waals surface area contributed by atoms with E-state index in [1.165, 1.54) is 13.1 Å². The number of nitrogens with zero attached hydrogens (tertiary/aromatic N) is 2. The van der Waals surface area contributed by atoms with E-state index < -0.39 is 54.5 Å². The van der Waals surface area contributed by atoms with Crippen LogP contribution in [0.2, 0.25) is 0 Å². The Bertz CT molecular complexity index is 996. The van der Waals surface area contributed by atoms with Crippen LogP contribution in [-0.4, -0.2) is 64.2 Å². The van der Waals surface area contributed by atoms with Crippen LogP contribution in [0.4, 0.5) is 0 Å². The van der Waals surface area contributed by atoms with Crippen molar-refractivity contribution in [2.75, 3.05) is 19.8 Å². The van der Waals surface area contributed by atoms with Gasteiger partial charge in [-0.25, -0.2) is 0 Å². The molecular weight excluding hydrogens is 474 g/mol. The minimum absolute atomic E-state index is 0.0929. The largest absolute Gasteiger partial charge is 0.464 e. The highest BCUT2D eigenvalue weighted by molar-refractivity contribution is 5.80. The summed E-state index contributed by atoms with van der Waals surface area (Å²) in [4.78, 5) is 48.8. The van der Waals surface area contributed by atoms with E-state index in [9.17, 15) is 24.3 Å². The highest BCUT2D eigenvalue weighted by atomic mass is 16.6. The molecule has 2 aromatic rings. The number of esters is 4. The van der Waals surface area contributed by atoms with Crippen molar-refractivity contribution in [2.24, 2.45) is 11.3 Å². The summed E-state index contributed by atoms with van der Waals surface area (Å²) in [5, 5.41) is 20.0. The van der Waals surface area contributed by atoms with Crippen LogP contribution in [0, 0.1) is 11.3 Å². The minimum Gasteiger partial charge on any atom is -0.464 e. The normalized spacial score (nSPS) is 13.4. The Morgan fingerprint density at radius 1 is 0.972 bits per heavy atom. The molecule has 196 valence electrons. The molecule has 0 radical (unpaired) electrons. The average Bonchev–Trinajstić information content (AvgIpc) is 3.40. The number of carbonyl (C=O) groups excluding carboxylic acids is 4. The van der Waals surface area contributed by atoms with Crippen molar-refractivity contribution < 1.29 is 43.2 Å². The lowest BCUT2D eigenvalue weighted by Gasteiger charge is -2.27. The summed E-state index contributed by atoms with van der Waals surface area (Å²) >= 11 is 0. The molecule has 0 fully saturated rings. The number of benzene rings is 1. The number of carbonyl (C=O) groups is 4. The lowest BCUT2D eigenvalue weighted by atomic mass is 9.93. The van der Waals surface area contributed by atoms with Crippen LogP contribution in [-0.2, 0) is 44.7 Å². The lowest BCUT2D eigenvalue weighted by Crippen LogP contribution is -2.41. The van der Waals surface area contributed by atoms with Crippen LogP contribution < -0.4 is 0 Å². The monoisotopic (exact) mass is 505 g/mol. The predicted molar refractivity (Wildman–Crippen MR) is 123 cm³/mol. The molecular formula is C24H31N3O9. The molecule has 2 unspecified atom stereocenters. The maximum absolute atomic E-state index is 12.9. The predicted octanol–water partition coefficient (Wildman–Crippen LogP) is 1.65. The molecule has 0 aliphatic carbocycles. The summed E-state index contributed by atoms with van der Waals surface area (Å²) in [6.45, 7) is 3.37. The molecule has 1 aromatic carbocycles. The van der Waals surface area contributed by atoms with Gasteiger partial charge in [0.2, 0.25) is 0 Å². The van der Waals surface area contributed by atoms with Gasteiger partial charge in [-0.2, -0.15) is 15.4 Å². The molecule has 0 saturated heterocycles. The number of aromatic amines is 1. The van der Waals surface area contributed by atoms with Gasteiger partial charge in [-0.1, -0.05) is 44.2 Å². The van der Waals surface area contributed by atoms with Gasteiger partial charge in [0, 0.05) is 0 Å². The fourth-order valence-corrected chi connectivity index (χ4v) is 2.69. The fraction of sp³-hybridized carbons (Fsp3) is 0.500. The van der Waals surface area contributed by atoms with Gasteiger partial charge in [0.1, 0.15) is 43.6 Å². The molecule has 0 amide bonds. The van der Waals surface area contributed by atoms with Gasteiger partial charge in [0.15, 0.2) is 0 Å². The van der Waals surface area contributed by atoms with Crippen molar-refractivity contribution in [2.45, 2.75) is 46.3 Å². The first kappa shape index (κ1) is 28.4. The molecule has 12 heteroatoms. The third-order valence-electron chi connectivity index (χ3n) is 4.98. The van der Waals surface area contributed by atoms with E-state index in [0.29, 0.717) is 11.3 Å². The van der Waals surface area contributed by atoms with Crippen LogP contribution in [0.1, 0.15) is 51.0 Å². The van der Waals surface area contributed by atoms with Gasteiger partial charge in [-0.05, 0) is 12.5 Å². The van der Waals surface area contributed by atoms with Crippen molar-refractivity contribution in [3.05, 3.63) is 47.8 Å². The number of hydrogen-bond acceptors (Lipinski definition) is 11. The SMILES string of the molecule is CC(C)C(=O)OCC(C)(COC(=O)CCC(=O)OCc1cn[nH]n1)C(=O)OCC(O)c1ccccc1. The van der Waals surface area contributed by atoms with Gasteiger partial charge in [0.25, 0.3) is 0 Å². The number of hydrogen-bond donors (Lipinski definition) is 2. The number of aliphatic hydroxyl groups is 1. The smallest absolute Gasteiger partial charge is 0.318 e. The second kappa shape index (κ2) is 13.9. The third-order valence-corrected chi connectivity index (χ3v) is 4.98. The van der Waals surface area contributed by atoms with E-state index in [0.717, 1.165) is 0 Å².